The van der Waals surface area contributed by atoms with E-state index in [9.17, 15) is 10.2 Å². The summed E-state index contributed by atoms with van der Waals surface area (Å²) in [5.41, 5.74) is 1.18. The molecule has 0 spiro atoms. The van der Waals surface area contributed by atoms with Crippen molar-refractivity contribution < 1.29 is 10.2 Å². The molecule has 3 aromatic rings. The molecule has 0 fully saturated rings. The van der Waals surface area contributed by atoms with E-state index in [0.717, 1.165) is 4.70 Å². The number of rotatable bonds is 2. The van der Waals surface area contributed by atoms with Gasteiger partial charge < -0.3 is 10.2 Å². The smallest absolute Gasteiger partial charge is 0.210 e. The minimum absolute atomic E-state index is 0.151. The van der Waals surface area contributed by atoms with E-state index in [4.69, 9.17) is 0 Å². The van der Waals surface area contributed by atoms with Crippen molar-refractivity contribution in [3.63, 3.8) is 0 Å². The topological polar surface area (TPSA) is 65.7 Å². The minimum Gasteiger partial charge on any atom is -0.507 e. The van der Waals surface area contributed by atoms with Crippen LogP contribution < -0.4 is 0 Å². The lowest BCUT2D eigenvalue weighted by Gasteiger charge is -1.95. The minimum atomic E-state index is 0.151. The van der Waals surface area contributed by atoms with E-state index in [1.54, 1.807) is 36.5 Å². The Kier molecular flexibility index (Phi) is 2.89. The lowest BCUT2D eigenvalue weighted by atomic mass is 10.2. The third-order valence-electron chi connectivity index (χ3n) is 2.64. The van der Waals surface area contributed by atoms with E-state index >= 15 is 0 Å². The van der Waals surface area contributed by atoms with Crippen LogP contribution in [0.4, 0.5) is 5.13 Å². The summed E-state index contributed by atoms with van der Waals surface area (Å²) in [5.74, 6) is 0.327. The second-order valence-corrected chi connectivity index (χ2v) is 4.95. The molecule has 0 aliphatic rings. The van der Waals surface area contributed by atoms with Gasteiger partial charge in [0.15, 0.2) is 0 Å². The molecule has 1 heterocycles. The van der Waals surface area contributed by atoms with E-state index < -0.39 is 0 Å². The van der Waals surface area contributed by atoms with Crippen molar-refractivity contribution in [2.75, 3.05) is 0 Å². The van der Waals surface area contributed by atoms with Gasteiger partial charge in [0.2, 0.25) is 5.13 Å². The Hall–Kier alpha value is -2.40. The maximum absolute atomic E-state index is 9.67. The predicted molar refractivity (Wildman–Crippen MR) is 76.6 cm³/mol. The molecular weight excluding hydrogens is 260 g/mol. The Morgan fingerprint density at radius 2 is 1.79 bits per heavy atom. The molecule has 0 bridgehead atoms. The molecule has 2 aromatic carbocycles. The van der Waals surface area contributed by atoms with Crippen molar-refractivity contribution in [2.45, 2.75) is 0 Å². The summed E-state index contributed by atoms with van der Waals surface area (Å²) >= 11 is 1.39. The molecule has 0 saturated carbocycles. The number of aliphatic imine (C=N–C) groups is 1. The molecule has 0 radical (unpaired) electrons. The standard InChI is InChI=1S/C14H10N2O2S/c17-10-5-2-1-4-9(10)8-15-14-16-13-11(18)6-3-7-12(13)19-14/h1-8,17-18H. The number of nitrogens with zero attached hydrogens (tertiary/aromatic N) is 2. The van der Waals surface area contributed by atoms with Gasteiger partial charge in [0.25, 0.3) is 0 Å². The molecule has 94 valence electrons. The second-order valence-electron chi connectivity index (χ2n) is 3.94. The van der Waals surface area contributed by atoms with Crippen LogP contribution in [0.3, 0.4) is 0 Å². The Morgan fingerprint density at radius 3 is 2.58 bits per heavy atom. The molecule has 5 heteroatoms. The predicted octanol–water partition coefficient (Wildman–Crippen LogP) is 3.46. The van der Waals surface area contributed by atoms with E-state index in [2.05, 4.69) is 9.98 Å². The summed E-state index contributed by atoms with van der Waals surface area (Å²) in [6.07, 6.45) is 1.56. The van der Waals surface area contributed by atoms with E-state index in [1.165, 1.54) is 11.3 Å². The molecule has 4 nitrogen and oxygen atoms in total. The van der Waals surface area contributed by atoms with Gasteiger partial charge in [-0.05, 0) is 24.3 Å². The number of para-hydroxylation sites is 2. The summed E-state index contributed by atoms with van der Waals surface area (Å²) in [7, 11) is 0. The van der Waals surface area contributed by atoms with Gasteiger partial charge in [-0.1, -0.05) is 29.5 Å². The summed E-state index contributed by atoms with van der Waals surface area (Å²) in [5, 5.41) is 19.8. The van der Waals surface area contributed by atoms with Gasteiger partial charge in [-0.25, -0.2) is 9.98 Å². The molecular formula is C14H10N2O2S. The normalized spacial score (nSPS) is 11.4. The van der Waals surface area contributed by atoms with Gasteiger partial charge in [-0.2, -0.15) is 0 Å². The number of benzene rings is 2. The number of thiazole rings is 1. The average molecular weight is 270 g/mol. The first kappa shape index (κ1) is 11.7. The zero-order chi connectivity index (χ0) is 13.2. The number of phenols is 2. The van der Waals surface area contributed by atoms with E-state index in [0.29, 0.717) is 16.2 Å². The molecule has 0 amide bonds. The molecule has 0 aliphatic heterocycles. The molecule has 3 rings (SSSR count). The third-order valence-corrected chi connectivity index (χ3v) is 3.57. The van der Waals surface area contributed by atoms with Crippen molar-refractivity contribution in [1.29, 1.82) is 0 Å². The van der Waals surface area contributed by atoms with Gasteiger partial charge in [0, 0.05) is 11.8 Å². The number of hydrogen-bond donors (Lipinski definition) is 2. The number of hydrogen-bond acceptors (Lipinski definition) is 5. The first-order valence-corrected chi connectivity index (χ1v) is 6.46. The van der Waals surface area contributed by atoms with Crippen LogP contribution in [0.2, 0.25) is 0 Å². The lowest BCUT2D eigenvalue weighted by Crippen LogP contribution is -1.80. The van der Waals surface area contributed by atoms with E-state index in [1.807, 2.05) is 12.1 Å². The summed E-state index contributed by atoms with van der Waals surface area (Å²) in [4.78, 5) is 8.47. The zero-order valence-electron chi connectivity index (χ0n) is 9.82. The summed E-state index contributed by atoms with van der Waals surface area (Å²) < 4.78 is 0.879. The maximum Gasteiger partial charge on any atom is 0.210 e. The third kappa shape index (κ3) is 2.28. The van der Waals surface area contributed by atoms with Crippen molar-refractivity contribution in [3.8, 4) is 11.5 Å². The van der Waals surface area contributed by atoms with Crippen LogP contribution in [0.5, 0.6) is 11.5 Å². The molecule has 1 aromatic heterocycles. The van der Waals surface area contributed by atoms with Crippen LogP contribution in [-0.4, -0.2) is 21.4 Å². The SMILES string of the molecule is Oc1ccccc1C=Nc1nc2c(O)cccc2s1. The van der Waals surface area contributed by atoms with Crippen molar-refractivity contribution in [1.82, 2.24) is 4.98 Å². The molecule has 0 atom stereocenters. The number of fused-ring (bicyclic) bond motifs is 1. The summed E-state index contributed by atoms with van der Waals surface area (Å²) in [6.45, 7) is 0. The van der Waals surface area contributed by atoms with Gasteiger partial charge >= 0.3 is 0 Å². The van der Waals surface area contributed by atoms with Gasteiger partial charge in [0.05, 0.1) is 4.70 Å². The molecule has 19 heavy (non-hydrogen) atoms. The van der Waals surface area contributed by atoms with Crippen LogP contribution >= 0.6 is 11.3 Å². The highest BCUT2D eigenvalue weighted by molar-refractivity contribution is 7.22. The average Bonchev–Trinajstić information content (AvgIpc) is 2.82. The van der Waals surface area contributed by atoms with Crippen LogP contribution in [0.15, 0.2) is 47.5 Å². The lowest BCUT2D eigenvalue weighted by molar-refractivity contribution is 0.474. The van der Waals surface area contributed by atoms with Crippen molar-refractivity contribution in [3.05, 3.63) is 48.0 Å². The van der Waals surface area contributed by atoms with Crippen molar-refractivity contribution in [2.24, 2.45) is 4.99 Å². The van der Waals surface area contributed by atoms with Gasteiger partial charge in [-0.3, -0.25) is 0 Å². The number of phenolic OH excluding ortho intramolecular Hbond substituents is 2. The van der Waals surface area contributed by atoms with Crippen LogP contribution in [0.25, 0.3) is 10.2 Å². The number of aromatic hydroxyl groups is 2. The second kappa shape index (κ2) is 4.70. The molecule has 2 N–H and O–H groups in total. The molecule has 0 unspecified atom stereocenters. The Labute approximate surface area is 113 Å². The summed E-state index contributed by atoms with van der Waals surface area (Å²) in [6, 6.07) is 12.2. The van der Waals surface area contributed by atoms with Crippen LogP contribution in [0, 0.1) is 0 Å². The fourth-order valence-corrected chi connectivity index (χ4v) is 2.53. The first-order valence-electron chi connectivity index (χ1n) is 5.64. The highest BCUT2D eigenvalue weighted by Gasteiger charge is 2.06. The highest BCUT2D eigenvalue weighted by Crippen LogP contribution is 2.32. The van der Waals surface area contributed by atoms with Crippen LogP contribution in [-0.2, 0) is 0 Å². The first-order chi connectivity index (χ1) is 9.24. The Bertz CT molecular complexity index is 765. The van der Waals surface area contributed by atoms with Crippen LogP contribution in [0.1, 0.15) is 5.56 Å². The largest absolute Gasteiger partial charge is 0.507 e. The van der Waals surface area contributed by atoms with Crippen molar-refractivity contribution >= 4 is 32.9 Å². The molecule has 0 aliphatic carbocycles. The quantitative estimate of drug-likeness (QED) is 0.701. The van der Waals surface area contributed by atoms with Gasteiger partial charge in [0.1, 0.15) is 17.0 Å². The van der Waals surface area contributed by atoms with E-state index in [-0.39, 0.29) is 11.5 Å². The Balaban J connectivity index is 1.98. The van der Waals surface area contributed by atoms with Gasteiger partial charge in [-0.15, -0.1) is 0 Å². The number of aromatic nitrogens is 1. The monoisotopic (exact) mass is 270 g/mol. The fraction of sp³-hybridized carbons (Fsp3) is 0. The Morgan fingerprint density at radius 1 is 1.00 bits per heavy atom. The molecule has 0 saturated heterocycles. The fourth-order valence-electron chi connectivity index (χ4n) is 1.70. The zero-order valence-corrected chi connectivity index (χ0v) is 10.6. The maximum atomic E-state index is 9.67. The highest BCUT2D eigenvalue weighted by atomic mass is 32.1.